The summed E-state index contributed by atoms with van der Waals surface area (Å²) >= 11 is 0. The largest absolute Gasteiger partial charge is 0.444 e. The van der Waals surface area contributed by atoms with E-state index < -0.39 is 0 Å². The van der Waals surface area contributed by atoms with Gasteiger partial charge in [0.1, 0.15) is 0 Å². The van der Waals surface area contributed by atoms with Gasteiger partial charge < -0.3 is 9.64 Å². The van der Waals surface area contributed by atoms with Crippen molar-refractivity contribution in [2.24, 2.45) is 0 Å². The molecule has 4 nitrogen and oxygen atoms in total. The lowest BCUT2D eigenvalue weighted by molar-refractivity contribution is -0.144. The van der Waals surface area contributed by atoms with E-state index >= 15 is 0 Å². The molecule has 0 bridgehead atoms. The average molecular weight is 205 g/mol. The van der Waals surface area contributed by atoms with Crippen LogP contribution in [-0.2, 0) is 16.1 Å². The molecule has 0 unspecified atom stereocenters. The zero-order valence-electron chi connectivity index (χ0n) is 8.40. The van der Waals surface area contributed by atoms with Gasteiger partial charge in [0.05, 0.1) is 6.54 Å². The van der Waals surface area contributed by atoms with Crippen LogP contribution in [0.15, 0.2) is 24.3 Å². The van der Waals surface area contributed by atoms with E-state index in [0.29, 0.717) is 12.1 Å². The molecular formula is C11H11NO3. The van der Waals surface area contributed by atoms with Crippen molar-refractivity contribution in [2.75, 3.05) is 6.73 Å². The van der Waals surface area contributed by atoms with Crippen molar-refractivity contribution in [3.8, 4) is 0 Å². The predicted molar refractivity (Wildman–Crippen MR) is 52.9 cm³/mol. The van der Waals surface area contributed by atoms with Crippen LogP contribution in [0, 0.1) is 0 Å². The maximum Gasteiger partial charge on any atom is 0.304 e. The van der Waals surface area contributed by atoms with Gasteiger partial charge in [0.15, 0.2) is 6.73 Å². The molecular weight excluding hydrogens is 194 g/mol. The molecule has 0 aromatic heterocycles. The number of carbonyl (C=O) groups excluding carboxylic acids is 2. The van der Waals surface area contributed by atoms with Crippen molar-refractivity contribution >= 4 is 11.9 Å². The Labute approximate surface area is 87.4 Å². The molecule has 0 N–H and O–H groups in total. The maximum absolute atomic E-state index is 11.7. The Kier molecular flexibility index (Phi) is 2.41. The van der Waals surface area contributed by atoms with Gasteiger partial charge in [-0.15, -0.1) is 0 Å². The molecule has 2 rings (SSSR count). The average Bonchev–Trinajstić information content (AvgIpc) is 2.54. The van der Waals surface area contributed by atoms with Crippen molar-refractivity contribution in [2.45, 2.75) is 13.5 Å². The minimum Gasteiger partial charge on any atom is -0.444 e. The van der Waals surface area contributed by atoms with Crippen molar-refractivity contribution in [1.29, 1.82) is 0 Å². The summed E-state index contributed by atoms with van der Waals surface area (Å²) in [5.74, 6) is -0.453. The molecule has 0 aliphatic carbocycles. The number of ether oxygens (including phenoxy) is 1. The zero-order chi connectivity index (χ0) is 10.8. The lowest BCUT2D eigenvalue weighted by Crippen LogP contribution is -2.27. The highest BCUT2D eigenvalue weighted by atomic mass is 16.5. The van der Waals surface area contributed by atoms with Crippen LogP contribution in [0.3, 0.4) is 0 Å². The van der Waals surface area contributed by atoms with Crippen molar-refractivity contribution in [1.82, 2.24) is 4.90 Å². The molecule has 1 aliphatic heterocycles. The molecule has 1 aromatic rings. The van der Waals surface area contributed by atoms with E-state index in [1.165, 1.54) is 11.8 Å². The summed E-state index contributed by atoms with van der Waals surface area (Å²) in [6.07, 6.45) is 0. The maximum atomic E-state index is 11.7. The summed E-state index contributed by atoms with van der Waals surface area (Å²) in [6.45, 7) is 1.87. The Hall–Kier alpha value is -1.84. The molecule has 0 atom stereocenters. The Morgan fingerprint density at radius 2 is 2.20 bits per heavy atom. The van der Waals surface area contributed by atoms with Crippen molar-refractivity contribution in [3.63, 3.8) is 0 Å². The fourth-order valence-electron chi connectivity index (χ4n) is 1.59. The molecule has 4 heteroatoms. The molecule has 1 amide bonds. The Balaban J connectivity index is 2.10. The van der Waals surface area contributed by atoms with Crippen LogP contribution in [-0.4, -0.2) is 23.5 Å². The molecule has 1 aromatic carbocycles. The first-order valence-corrected chi connectivity index (χ1v) is 4.69. The van der Waals surface area contributed by atoms with Crippen molar-refractivity contribution in [3.05, 3.63) is 35.4 Å². The smallest absolute Gasteiger partial charge is 0.304 e. The topological polar surface area (TPSA) is 46.6 Å². The third-order valence-corrected chi connectivity index (χ3v) is 2.32. The first kappa shape index (κ1) is 9.71. The van der Waals surface area contributed by atoms with E-state index in [1.54, 1.807) is 6.07 Å². The molecule has 78 valence electrons. The van der Waals surface area contributed by atoms with Gasteiger partial charge in [0.25, 0.3) is 5.91 Å². The number of rotatable bonds is 2. The predicted octanol–water partition coefficient (Wildman–Crippen LogP) is 1.16. The summed E-state index contributed by atoms with van der Waals surface area (Å²) in [5.41, 5.74) is 1.68. The molecule has 0 spiro atoms. The molecule has 1 heterocycles. The number of esters is 1. The van der Waals surface area contributed by atoms with Gasteiger partial charge >= 0.3 is 5.97 Å². The summed E-state index contributed by atoms with van der Waals surface area (Å²) in [5, 5.41) is 0. The first-order valence-electron chi connectivity index (χ1n) is 4.69. The second-order valence-corrected chi connectivity index (χ2v) is 3.43. The minimum absolute atomic E-state index is 0.0306. The standard InChI is InChI=1S/C11H11NO3/c1-8(13)15-7-12-6-9-4-2-3-5-10(9)11(12)14/h2-5H,6-7H2,1H3. The Morgan fingerprint density at radius 3 is 2.87 bits per heavy atom. The SMILES string of the molecule is CC(=O)OCN1Cc2ccccc2C1=O. The highest BCUT2D eigenvalue weighted by molar-refractivity contribution is 5.98. The third-order valence-electron chi connectivity index (χ3n) is 2.32. The minimum atomic E-state index is -0.376. The van der Waals surface area contributed by atoms with E-state index in [4.69, 9.17) is 4.74 Å². The summed E-state index contributed by atoms with van der Waals surface area (Å²) < 4.78 is 4.79. The van der Waals surface area contributed by atoms with Crippen LogP contribution >= 0.6 is 0 Å². The highest BCUT2D eigenvalue weighted by Gasteiger charge is 2.26. The summed E-state index contributed by atoms with van der Waals surface area (Å²) in [7, 11) is 0. The van der Waals surface area contributed by atoms with Gasteiger partial charge in [-0.1, -0.05) is 18.2 Å². The normalized spacial score (nSPS) is 13.9. The van der Waals surface area contributed by atoms with Gasteiger partial charge in [-0.2, -0.15) is 0 Å². The van der Waals surface area contributed by atoms with E-state index in [-0.39, 0.29) is 18.6 Å². The molecule has 0 saturated heterocycles. The van der Waals surface area contributed by atoms with Crippen molar-refractivity contribution < 1.29 is 14.3 Å². The molecule has 1 aliphatic rings. The number of hydrogen-bond acceptors (Lipinski definition) is 3. The fourth-order valence-corrected chi connectivity index (χ4v) is 1.59. The highest BCUT2D eigenvalue weighted by Crippen LogP contribution is 2.21. The second-order valence-electron chi connectivity index (χ2n) is 3.43. The van der Waals surface area contributed by atoms with E-state index in [9.17, 15) is 9.59 Å². The summed E-state index contributed by atoms with van der Waals surface area (Å²) in [4.78, 5) is 23.9. The summed E-state index contributed by atoms with van der Waals surface area (Å²) in [6, 6.07) is 7.40. The molecule has 15 heavy (non-hydrogen) atoms. The van der Waals surface area contributed by atoms with E-state index in [1.807, 2.05) is 18.2 Å². The number of benzene rings is 1. The van der Waals surface area contributed by atoms with E-state index in [0.717, 1.165) is 5.56 Å². The lowest BCUT2D eigenvalue weighted by Gasteiger charge is -2.14. The Bertz CT molecular complexity index is 414. The zero-order valence-corrected chi connectivity index (χ0v) is 8.40. The number of amides is 1. The van der Waals surface area contributed by atoms with Crippen LogP contribution in [0.25, 0.3) is 0 Å². The van der Waals surface area contributed by atoms with Gasteiger partial charge in [-0.05, 0) is 11.6 Å². The number of nitrogens with zero attached hydrogens (tertiary/aromatic N) is 1. The molecule has 0 saturated carbocycles. The van der Waals surface area contributed by atoms with Crippen LogP contribution in [0.4, 0.5) is 0 Å². The lowest BCUT2D eigenvalue weighted by atomic mass is 10.1. The van der Waals surface area contributed by atoms with Gasteiger partial charge in [-0.25, -0.2) is 0 Å². The second kappa shape index (κ2) is 3.73. The van der Waals surface area contributed by atoms with E-state index in [2.05, 4.69) is 0 Å². The fraction of sp³-hybridized carbons (Fsp3) is 0.273. The van der Waals surface area contributed by atoms with Crippen LogP contribution in [0.5, 0.6) is 0 Å². The number of fused-ring (bicyclic) bond motifs is 1. The number of carbonyl (C=O) groups is 2. The van der Waals surface area contributed by atoms with Crippen LogP contribution < -0.4 is 0 Å². The Morgan fingerprint density at radius 1 is 1.47 bits per heavy atom. The van der Waals surface area contributed by atoms with Crippen LogP contribution in [0.1, 0.15) is 22.8 Å². The molecule has 0 fully saturated rings. The van der Waals surface area contributed by atoms with Gasteiger partial charge in [0, 0.05) is 12.5 Å². The number of hydrogen-bond donors (Lipinski definition) is 0. The van der Waals surface area contributed by atoms with Gasteiger partial charge in [0.2, 0.25) is 0 Å². The van der Waals surface area contributed by atoms with Gasteiger partial charge in [-0.3, -0.25) is 9.59 Å². The monoisotopic (exact) mass is 205 g/mol. The third kappa shape index (κ3) is 1.83. The van der Waals surface area contributed by atoms with Crippen LogP contribution in [0.2, 0.25) is 0 Å². The first-order chi connectivity index (χ1) is 7.18. The molecule has 0 radical (unpaired) electrons. The quantitative estimate of drug-likeness (QED) is 0.681.